The quantitative estimate of drug-likeness (QED) is 0.711. The van der Waals surface area contributed by atoms with Gasteiger partial charge in [0.1, 0.15) is 6.61 Å². The second-order valence-corrected chi connectivity index (χ2v) is 3.33. The number of benzene rings is 1. The van der Waals surface area contributed by atoms with Gasteiger partial charge in [0, 0.05) is 0 Å². The van der Waals surface area contributed by atoms with Crippen LogP contribution in [0.3, 0.4) is 0 Å². The monoisotopic (exact) mass is 219 g/mol. The van der Waals surface area contributed by atoms with Crippen molar-refractivity contribution in [3.63, 3.8) is 0 Å². The highest BCUT2D eigenvalue weighted by Crippen LogP contribution is 2.13. The smallest absolute Gasteiger partial charge is 0.245 e. The normalized spacial score (nSPS) is 11.8. The van der Waals surface area contributed by atoms with Crippen LogP contribution in [-0.4, -0.2) is 12.5 Å². The third-order valence-corrected chi connectivity index (χ3v) is 1.99. The predicted octanol–water partition coefficient (Wildman–Crippen LogP) is 0.626. The minimum atomic E-state index is -0.537. The fraction of sp³-hybridized carbons (Fsp3) is 0.273. The van der Waals surface area contributed by atoms with Crippen molar-refractivity contribution >= 4 is 5.91 Å². The SMILES string of the molecule is CC(NOCC(N)=O)c1cccc(C#N)c1. The second kappa shape index (κ2) is 5.85. The summed E-state index contributed by atoms with van der Waals surface area (Å²) in [6.45, 7) is 1.68. The molecule has 1 amide bonds. The van der Waals surface area contributed by atoms with Crippen molar-refractivity contribution in [3.8, 4) is 6.07 Å². The van der Waals surface area contributed by atoms with E-state index in [0.29, 0.717) is 5.56 Å². The van der Waals surface area contributed by atoms with Crippen molar-refractivity contribution < 1.29 is 9.63 Å². The van der Waals surface area contributed by atoms with Crippen LogP contribution in [0.1, 0.15) is 24.1 Å². The number of nitrogens with one attached hydrogen (secondary N) is 1. The highest BCUT2D eigenvalue weighted by atomic mass is 16.6. The highest BCUT2D eigenvalue weighted by Gasteiger charge is 2.06. The third kappa shape index (κ3) is 3.69. The van der Waals surface area contributed by atoms with Crippen LogP contribution in [0.15, 0.2) is 24.3 Å². The zero-order valence-corrected chi connectivity index (χ0v) is 8.93. The summed E-state index contributed by atoms with van der Waals surface area (Å²) in [5.41, 5.74) is 9.08. The molecule has 0 aliphatic carbocycles. The molecule has 0 aromatic heterocycles. The molecule has 1 rings (SSSR count). The molecule has 0 aliphatic heterocycles. The van der Waals surface area contributed by atoms with Crippen molar-refractivity contribution in [1.82, 2.24) is 5.48 Å². The van der Waals surface area contributed by atoms with Crippen molar-refractivity contribution in [1.29, 1.82) is 5.26 Å². The lowest BCUT2D eigenvalue weighted by Gasteiger charge is -2.13. The number of nitrogens with zero attached hydrogens (tertiary/aromatic N) is 1. The minimum Gasteiger partial charge on any atom is -0.368 e. The first-order chi connectivity index (χ1) is 7.63. The van der Waals surface area contributed by atoms with E-state index in [1.165, 1.54) is 0 Å². The summed E-state index contributed by atoms with van der Waals surface area (Å²) in [6.07, 6.45) is 0. The molecule has 1 aromatic rings. The molecular formula is C11H13N3O2. The molecule has 3 N–H and O–H groups in total. The lowest BCUT2D eigenvalue weighted by Crippen LogP contribution is -2.26. The number of amides is 1. The molecule has 84 valence electrons. The third-order valence-electron chi connectivity index (χ3n) is 1.99. The van der Waals surface area contributed by atoms with E-state index in [9.17, 15) is 4.79 Å². The lowest BCUT2D eigenvalue weighted by molar-refractivity contribution is -0.126. The standard InChI is InChI=1S/C11H13N3O2/c1-8(14-16-7-11(13)15)10-4-2-3-9(5-10)6-12/h2-5,8,14H,7H2,1H3,(H2,13,15). The van der Waals surface area contributed by atoms with Gasteiger partial charge in [0.15, 0.2) is 0 Å². The summed E-state index contributed by atoms with van der Waals surface area (Å²) in [6, 6.07) is 9.07. The van der Waals surface area contributed by atoms with Crippen molar-refractivity contribution in [3.05, 3.63) is 35.4 Å². The Balaban J connectivity index is 2.55. The number of hydroxylamine groups is 1. The average molecular weight is 219 g/mol. The molecule has 0 heterocycles. The van der Waals surface area contributed by atoms with Crippen LogP contribution in [0.25, 0.3) is 0 Å². The van der Waals surface area contributed by atoms with Crippen LogP contribution < -0.4 is 11.2 Å². The summed E-state index contributed by atoms with van der Waals surface area (Å²) in [4.78, 5) is 15.3. The van der Waals surface area contributed by atoms with Crippen LogP contribution >= 0.6 is 0 Å². The molecule has 0 aliphatic rings. The number of hydrogen-bond donors (Lipinski definition) is 2. The maximum absolute atomic E-state index is 10.4. The Kier molecular flexibility index (Phi) is 4.45. The number of rotatable bonds is 5. The van der Waals surface area contributed by atoms with Gasteiger partial charge in [0.05, 0.1) is 17.7 Å². The van der Waals surface area contributed by atoms with E-state index in [1.54, 1.807) is 18.2 Å². The van der Waals surface area contributed by atoms with Gasteiger partial charge in [-0.3, -0.25) is 9.63 Å². The molecule has 0 spiro atoms. The van der Waals surface area contributed by atoms with Crippen LogP contribution in [0.4, 0.5) is 0 Å². The molecule has 1 unspecified atom stereocenters. The highest BCUT2D eigenvalue weighted by molar-refractivity contribution is 5.74. The van der Waals surface area contributed by atoms with Gasteiger partial charge >= 0.3 is 0 Å². The van der Waals surface area contributed by atoms with Gasteiger partial charge in [-0.15, -0.1) is 0 Å². The van der Waals surface area contributed by atoms with Crippen LogP contribution in [0, 0.1) is 11.3 Å². The lowest BCUT2D eigenvalue weighted by atomic mass is 10.1. The molecule has 16 heavy (non-hydrogen) atoms. The number of nitriles is 1. The average Bonchev–Trinajstić information content (AvgIpc) is 2.28. The maximum Gasteiger partial charge on any atom is 0.245 e. The first kappa shape index (κ1) is 12.2. The Morgan fingerprint density at radius 1 is 1.69 bits per heavy atom. The van der Waals surface area contributed by atoms with E-state index in [2.05, 4.69) is 11.5 Å². The Morgan fingerprint density at radius 2 is 2.44 bits per heavy atom. The van der Waals surface area contributed by atoms with E-state index in [4.69, 9.17) is 15.8 Å². The summed E-state index contributed by atoms with van der Waals surface area (Å²) in [7, 11) is 0. The minimum absolute atomic E-state index is 0.118. The number of nitrogens with two attached hydrogens (primary N) is 1. The van der Waals surface area contributed by atoms with Crippen molar-refractivity contribution in [2.45, 2.75) is 13.0 Å². The zero-order chi connectivity index (χ0) is 12.0. The van der Waals surface area contributed by atoms with Crippen molar-refractivity contribution in [2.75, 3.05) is 6.61 Å². The molecule has 0 bridgehead atoms. The Bertz CT molecular complexity index is 412. The fourth-order valence-corrected chi connectivity index (χ4v) is 1.18. The maximum atomic E-state index is 10.4. The van der Waals surface area contributed by atoms with Gasteiger partial charge in [-0.05, 0) is 24.6 Å². The van der Waals surface area contributed by atoms with Crippen LogP contribution in [-0.2, 0) is 9.63 Å². The fourth-order valence-electron chi connectivity index (χ4n) is 1.18. The summed E-state index contributed by atoms with van der Waals surface area (Å²) in [5, 5.41) is 8.73. The number of carbonyl (C=O) groups is 1. The van der Waals surface area contributed by atoms with E-state index in [-0.39, 0.29) is 12.6 Å². The van der Waals surface area contributed by atoms with E-state index in [1.807, 2.05) is 13.0 Å². The van der Waals surface area contributed by atoms with Gasteiger partial charge in [0.25, 0.3) is 0 Å². The van der Waals surface area contributed by atoms with E-state index >= 15 is 0 Å². The second-order valence-electron chi connectivity index (χ2n) is 3.33. The van der Waals surface area contributed by atoms with Crippen LogP contribution in [0.2, 0.25) is 0 Å². The molecule has 1 atom stereocenters. The topological polar surface area (TPSA) is 88.1 Å². The van der Waals surface area contributed by atoms with Crippen molar-refractivity contribution in [2.24, 2.45) is 5.73 Å². The predicted molar refractivity (Wildman–Crippen MR) is 57.9 cm³/mol. The molecular weight excluding hydrogens is 206 g/mol. The number of primary amides is 1. The Labute approximate surface area is 93.8 Å². The molecule has 5 heteroatoms. The van der Waals surface area contributed by atoms with Gasteiger partial charge in [-0.2, -0.15) is 10.7 Å². The zero-order valence-electron chi connectivity index (χ0n) is 8.93. The number of carbonyl (C=O) groups excluding carboxylic acids is 1. The Morgan fingerprint density at radius 3 is 3.06 bits per heavy atom. The first-order valence-electron chi connectivity index (χ1n) is 4.79. The van der Waals surface area contributed by atoms with Gasteiger partial charge in [-0.1, -0.05) is 12.1 Å². The molecule has 0 radical (unpaired) electrons. The van der Waals surface area contributed by atoms with E-state index < -0.39 is 5.91 Å². The first-order valence-corrected chi connectivity index (χ1v) is 4.79. The Hall–Kier alpha value is -1.90. The van der Waals surface area contributed by atoms with Crippen LogP contribution in [0.5, 0.6) is 0 Å². The number of hydrogen-bond acceptors (Lipinski definition) is 4. The van der Waals surface area contributed by atoms with E-state index in [0.717, 1.165) is 5.56 Å². The summed E-state index contributed by atoms with van der Waals surface area (Å²) in [5.74, 6) is -0.537. The molecule has 0 saturated heterocycles. The summed E-state index contributed by atoms with van der Waals surface area (Å²) < 4.78 is 0. The summed E-state index contributed by atoms with van der Waals surface area (Å²) >= 11 is 0. The largest absolute Gasteiger partial charge is 0.368 e. The molecule has 5 nitrogen and oxygen atoms in total. The molecule has 0 saturated carbocycles. The van der Waals surface area contributed by atoms with Gasteiger partial charge in [0.2, 0.25) is 5.91 Å². The van der Waals surface area contributed by atoms with Gasteiger partial charge < -0.3 is 5.73 Å². The molecule has 1 aromatic carbocycles. The molecule has 0 fully saturated rings. The van der Waals surface area contributed by atoms with Gasteiger partial charge in [-0.25, -0.2) is 0 Å².